The minimum absolute atomic E-state index is 0.755. The summed E-state index contributed by atoms with van der Waals surface area (Å²) in [6, 6.07) is 0. The van der Waals surface area contributed by atoms with Crippen LogP contribution in [-0.4, -0.2) is 31.3 Å². The lowest BCUT2D eigenvalue weighted by Gasteiger charge is -2.31. The summed E-state index contributed by atoms with van der Waals surface area (Å²) >= 11 is 0. The third-order valence-electron chi connectivity index (χ3n) is 5.66. The molecule has 0 saturated carbocycles. The molecule has 1 aliphatic carbocycles. The lowest BCUT2D eigenvalue weighted by molar-refractivity contribution is 0.163. The van der Waals surface area contributed by atoms with Gasteiger partial charge in [-0.2, -0.15) is 0 Å². The second-order valence-corrected chi connectivity index (χ2v) is 12.3. The molecule has 1 unspecified atom stereocenters. The zero-order valence-corrected chi connectivity index (χ0v) is 18.5. The van der Waals surface area contributed by atoms with E-state index >= 15 is 0 Å². The lowest BCUT2D eigenvalue weighted by atomic mass is 10.1. The number of rotatable bonds is 15. The van der Waals surface area contributed by atoms with Crippen molar-refractivity contribution in [1.29, 1.82) is 0 Å². The molecule has 1 atom stereocenters. The van der Waals surface area contributed by atoms with Crippen molar-refractivity contribution in [2.45, 2.75) is 85.5 Å². The first-order valence-electron chi connectivity index (χ1n) is 11.0. The Balaban J connectivity index is 2.70. The Hall–Kier alpha value is -0.290. The van der Waals surface area contributed by atoms with Crippen LogP contribution >= 0.6 is 7.26 Å². The molecular formula is C23H44OP+. The highest BCUT2D eigenvalue weighted by Gasteiger charge is 2.37. The molecule has 0 spiro atoms. The van der Waals surface area contributed by atoms with Gasteiger partial charge in [0.25, 0.3) is 0 Å². The van der Waals surface area contributed by atoms with Crippen LogP contribution < -0.4 is 0 Å². The summed E-state index contributed by atoms with van der Waals surface area (Å²) < 4.78 is 6.22. The van der Waals surface area contributed by atoms with Crippen molar-refractivity contribution >= 4 is 7.26 Å². The molecule has 0 N–H and O–H groups in total. The molecule has 1 nitrogen and oxygen atoms in total. The molecule has 0 aromatic rings. The Labute approximate surface area is 159 Å². The first kappa shape index (κ1) is 22.8. The topological polar surface area (TPSA) is 9.23 Å². The number of ether oxygens (including phenoxy) is 1. The van der Waals surface area contributed by atoms with Gasteiger partial charge in [-0.05, 0) is 38.2 Å². The van der Waals surface area contributed by atoms with Crippen molar-refractivity contribution in [3.8, 4) is 0 Å². The van der Waals surface area contributed by atoms with Crippen molar-refractivity contribution in [3.63, 3.8) is 0 Å². The van der Waals surface area contributed by atoms with Crippen LogP contribution in [0.15, 0.2) is 24.0 Å². The summed E-state index contributed by atoms with van der Waals surface area (Å²) in [6.07, 6.45) is 24.5. The molecule has 0 bridgehead atoms. The Morgan fingerprint density at radius 1 is 0.960 bits per heavy atom. The molecule has 2 heteroatoms. The highest BCUT2D eigenvalue weighted by molar-refractivity contribution is 7.75. The van der Waals surface area contributed by atoms with Gasteiger partial charge in [0.2, 0.25) is 0 Å². The summed E-state index contributed by atoms with van der Waals surface area (Å²) in [7, 11) is -0.802. The van der Waals surface area contributed by atoms with Crippen LogP contribution in [0.25, 0.3) is 0 Å². The minimum atomic E-state index is -0.802. The van der Waals surface area contributed by atoms with Crippen molar-refractivity contribution in [1.82, 2.24) is 0 Å². The number of hydrogen-bond donors (Lipinski definition) is 0. The van der Waals surface area contributed by atoms with E-state index in [1.54, 1.807) is 0 Å². The first-order valence-corrected chi connectivity index (χ1v) is 13.6. The van der Waals surface area contributed by atoms with E-state index in [0.717, 1.165) is 25.4 Å². The zero-order chi connectivity index (χ0) is 18.4. The van der Waals surface area contributed by atoms with Crippen LogP contribution in [0.5, 0.6) is 0 Å². The lowest BCUT2D eigenvalue weighted by Crippen LogP contribution is -2.21. The molecule has 1 aliphatic rings. The van der Waals surface area contributed by atoms with Gasteiger partial charge in [0, 0.05) is 19.6 Å². The Bertz CT molecular complexity index is 364. The van der Waals surface area contributed by atoms with Gasteiger partial charge in [-0.3, -0.25) is 0 Å². The van der Waals surface area contributed by atoms with Crippen LogP contribution in [0, 0.1) is 5.92 Å². The monoisotopic (exact) mass is 367 g/mol. The molecule has 25 heavy (non-hydrogen) atoms. The molecule has 0 heterocycles. The van der Waals surface area contributed by atoms with E-state index in [-0.39, 0.29) is 0 Å². The molecule has 0 radical (unpaired) electrons. The van der Waals surface area contributed by atoms with Gasteiger partial charge in [0.15, 0.2) is 0 Å². The predicted molar refractivity (Wildman–Crippen MR) is 117 cm³/mol. The van der Waals surface area contributed by atoms with Crippen LogP contribution in [0.1, 0.15) is 85.5 Å². The largest absolute Gasteiger partial charge is 0.497 e. The molecule has 0 amide bonds. The third kappa shape index (κ3) is 9.28. The van der Waals surface area contributed by atoms with Crippen molar-refractivity contribution < 1.29 is 4.74 Å². The summed E-state index contributed by atoms with van der Waals surface area (Å²) in [5.41, 5.74) is 0. The van der Waals surface area contributed by atoms with E-state index in [1.807, 2.05) is 0 Å². The standard InChI is InChI=1S/C23H44OP/c1-5-9-17-25(18-10-6-2,19-11-7-3)21-22(8-4)20-24-23-15-13-12-14-16-23/h12-13,15,22H,5-11,14,16-21H2,1-4H3/q+1. The smallest absolute Gasteiger partial charge is 0.0962 e. The molecule has 1 rings (SSSR count). The summed E-state index contributed by atoms with van der Waals surface area (Å²) in [4.78, 5) is 0. The molecule has 0 aromatic carbocycles. The van der Waals surface area contributed by atoms with E-state index < -0.39 is 7.26 Å². The van der Waals surface area contributed by atoms with Gasteiger partial charge in [0.1, 0.15) is 0 Å². The van der Waals surface area contributed by atoms with E-state index in [4.69, 9.17) is 4.74 Å². The molecule has 0 saturated heterocycles. The average Bonchev–Trinajstić information content (AvgIpc) is 2.66. The number of hydrogen-bond acceptors (Lipinski definition) is 1. The van der Waals surface area contributed by atoms with Gasteiger partial charge in [-0.1, -0.05) is 59.1 Å². The van der Waals surface area contributed by atoms with Crippen LogP contribution in [0.2, 0.25) is 0 Å². The average molecular weight is 368 g/mol. The van der Waals surface area contributed by atoms with Crippen molar-refractivity contribution in [2.24, 2.45) is 5.92 Å². The van der Waals surface area contributed by atoms with Crippen LogP contribution in [-0.2, 0) is 4.74 Å². The van der Waals surface area contributed by atoms with Gasteiger partial charge in [-0.15, -0.1) is 0 Å². The third-order valence-corrected chi connectivity index (χ3v) is 10.7. The first-order chi connectivity index (χ1) is 12.2. The Morgan fingerprint density at radius 2 is 1.56 bits per heavy atom. The Kier molecular flexibility index (Phi) is 12.6. The molecule has 0 fully saturated rings. The van der Waals surface area contributed by atoms with Gasteiger partial charge >= 0.3 is 0 Å². The fourth-order valence-electron chi connectivity index (χ4n) is 3.86. The SMILES string of the molecule is CCCC[P+](CCCC)(CCCC)CC(CC)COC1=CC=CCC1. The summed E-state index contributed by atoms with van der Waals surface area (Å²) in [5, 5.41) is 0. The zero-order valence-electron chi connectivity index (χ0n) is 17.6. The van der Waals surface area contributed by atoms with Gasteiger partial charge < -0.3 is 4.74 Å². The highest BCUT2D eigenvalue weighted by atomic mass is 31.2. The fraction of sp³-hybridized carbons (Fsp3) is 0.826. The van der Waals surface area contributed by atoms with E-state index in [9.17, 15) is 0 Å². The number of unbranched alkanes of at least 4 members (excludes halogenated alkanes) is 3. The molecule has 0 aromatic heterocycles. The van der Waals surface area contributed by atoms with Crippen LogP contribution in [0.4, 0.5) is 0 Å². The normalized spacial score (nSPS) is 15.9. The van der Waals surface area contributed by atoms with E-state index in [1.165, 1.54) is 75.4 Å². The number of allylic oxidation sites excluding steroid dienone is 4. The maximum Gasteiger partial charge on any atom is 0.0962 e. The Morgan fingerprint density at radius 3 is 2.00 bits per heavy atom. The highest BCUT2D eigenvalue weighted by Crippen LogP contribution is 2.62. The maximum absolute atomic E-state index is 6.22. The van der Waals surface area contributed by atoms with E-state index in [2.05, 4.69) is 45.9 Å². The molecule has 146 valence electrons. The predicted octanol–water partition coefficient (Wildman–Crippen LogP) is 7.68. The quantitative estimate of drug-likeness (QED) is 0.270. The van der Waals surface area contributed by atoms with E-state index in [0.29, 0.717) is 0 Å². The second kappa shape index (κ2) is 13.9. The maximum atomic E-state index is 6.22. The summed E-state index contributed by atoms with van der Waals surface area (Å²) in [5.74, 6) is 1.96. The van der Waals surface area contributed by atoms with Gasteiger partial charge in [-0.25, -0.2) is 0 Å². The van der Waals surface area contributed by atoms with Crippen molar-refractivity contribution in [3.05, 3.63) is 24.0 Å². The molecule has 0 aliphatic heterocycles. The van der Waals surface area contributed by atoms with Crippen molar-refractivity contribution in [2.75, 3.05) is 31.3 Å². The molecular weight excluding hydrogens is 323 g/mol. The van der Waals surface area contributed by atoms with Crippen LogP contribution in [0.3, 0.4) is 0 Å². The second-order valence-electron chi connectivity index (χ2n) is 7.94. The van der Waals surface area contributed by atoms with Gasteiger partial charge in [0.05, 0.1) is 37.0 Å². The minimum Gasteiger partial charge on any atom is -0.497 e. The summed E-state index contributed by atoms with van der Waals surface area (Å²) in [6.45, 7) is 10.4. The fourth-order valence-corrected chi connectivity index (χ4v) is 9.50.